The molecule has 2 aliphatic heterocycles. The number of nitriles is 1. The van der Waals surface area contributed by atoms with Gasteiger partial charge in [0.15, 0.2) is 5.54 Å². The zero-order valence-corrected chi connectivity index (χ0v) is 22.8. The molecule has 214 valence electrons. The molecule has 2 aromatic carbocycles. The molecular formula is C31H30F3N3O4. The van der Waals surface area contributed by atoms with E-state index in [1.807, 2.05) is 6.07 Å². The van der Waals surface area contributed by atoms with Gasteiger partial charge in [0.2, 0.25) is 0 Å². The van der Waals surface area contributed by atoms with Crippen molar-refractivity contribution in [1.82, 2.24) is 9.80 Å². The van der Waals surface area contributed by atoms with Gasteiger partial charge in [0.05, 0.1) is 28.3 Å². The van der Waals surface area contributed by atoms with Crippen LogP contribution in [0.1, 0.15) is 81.0 Å². The standard InChI is InChI=1S/C16H15FN2O2.C15H15F2NO2/c1-11(2)7-8-16(9-17,10-18)19-14(20)12-5-3-4-6-13(12)15(19)21;1-9(2)7-8-12(13(16)17)18-14(19)10-5-3-4-6-11(10)15(18)20/h3-6H,1,7-9H2,2H3;3-6,12-13H,1,7-8H2,2H3. The summed E-state index contributed by atoms with van der Waals surface area (Å²) in [5, 5.41) is 9.40. The number of alkyl halides is 3. The Kier molecular flexibility index (Phi) is 9.66. The normalized spacial score (nSPS) is 16.0. The maximum atomic E-state index is 13.6. The van der Waals surface area contributed by atoms with Gasteiger partial charge in [0, 0.05) is 0 Å². The molecule has 4 amide bonds. The van der Waals surface area contributed by atoms with Gasteiger partial charge in [-0.3, -0.25) is 29.0 Å². The van der Waals surface area contributed by atoms with Crippen LogP contribution in [-0.4, -0.2) is 58.1 Å². The Hall–Kier alpha value is -4.52. The Balaban J connectivity index is 0.000000226. The highest BCUT2D eigenvalue weighted by atomic mass is 19.3. The summed E-state index contributed by atoms with van der Waals surface area (Å²) >= 11 is 0. The number of imide groups is 2. The molecule has 0 fully saturated rings. The number of allylic oxidation sites excluding steroid dienone is 2. The predicted molar refractivity (Wildman–Crippen MR) is 146 cm³/mol. The van der Waals surface area contributed by atoms with Gasteiger partial charge < -0.3 is 0 Å². The number of hydrogen-bond acceptors (Lipinski definition) is 5. The summed E-state index contributed by atoms with van der Waals surface area (Å²) in [6.45, 7) is 9.75. The summed E-state index contributed by atoms with van der Waals surface area (Å²) in [6, 6.07) is 12.9. The van der Waals surface area contributed by atoms with Crippen LogP contribution < -0.4 is 0 Å². The Labute approximate surface area is 236 Å². The number of carbonyl (C=O) groups excluding carboxylic acids is 4. The molecule has 0 saturated heterocycles. The minimum atomic E-state index is -2.77. The molecule has 0 saturated carbocycles. The van der Waals surface area contributed by atoms with E-state index in [0.717, 1.165) is 16.0 Å². The lowest BCUT2D eigenvalue weighted by Crippen LogP contribution is -2.52. The number of rotatable bonds is 10. The molecule has 2 atom stereocenters. The van der Waals surface area contributed by atoms with Crippen LogP contribution in [0.2, 0.25) is 0 Å². The van der Waals surface area contributed by atoms with Gasteiger partial charge in [0.1, 0.15) is 12.7 Å². The summed E-state index contributed by atoms with van der Waals surface area (Å²) in [6.07, 6.45) is -1.98. The molecule has 10 heteroatoms. The van der Waals surface area contributed by atoms with Crippen LogP contribution in [0.15, 0.2) is 72.8 Å². The highest BCUT2D eigenvalue weighted by Crippen LogP contribution is 2.33. The van der Waals surface area contributed by atoms with E-state index in [9.17, 15) is 37.6 Å². The second-order valence-corrected chi connectivity index (χ2v) is 10.1. The first-order valence-corrected chi connectivity index (χ1v) is 12.9. The Morgan fingerprint density at radius 2 is 1.24 bits per heavy atom. The first kappa shape index (κ1) is 31.0. The second kappa shape index (κ2) is 12.8. The maximum absolute atomic E-state index is 13.6. The molecule has 0 aliphatic carbocycles. The molecule has 7 nitrogen and oxygen atoms in total. The lowest BCUT2D eigenvalue weighted by molar-refractivity contribution is 0.0206. The Morgan fingerprint density at radius 1 is 0.829 bits per heavy atom. The van der Waals surface area contributed by atoms with E-state index in [1.54, 1.807) is 38.1 Å². The number of carbonyl (C=O) groups is 4. The fourth-order valence-corrected chi connectivity index (χ4v) is 4.64. The number of amides is 4. The predicted octanol–water partition coefficient (Wildman–Crippen LogP) is 6.14. The fraction of sp³-hybridized carbons (Fsp3) is 0.323. The van der Waals surface area contributed by atoms with E-state index < -0.39 is 48.3 Å². The highest BCUT2D eigenvalue weighted by molar-refractivity contribution is 6.22. The average Bonchev–Trinajstić information content (AvgIpc) is 3.35. The third-order valence-corrected chi connectivity index (χ3v) is 6.93. The largest absolute Gasteiger partial charge is 0.269 e. The van der Waals surface area contributed by atoms with Crippen molar-refractivity contribution in [3.8, 4) is 6.07 Å². The van der Waals surface area contributed by atoms with Crippen LogP contribution in [0.4, 0.5) is 13.2 Å². The van der Waals surface area contributed by atoms with E-state index >= 15 is 0 Å². The van der Waals surface area contributed by atoms with Gasteiger partial charge in [-0.05, 0) is 63.8 Å². The smallest absolute Gasteiger partial charge is 0.263 e. The summed E-state index contributed by atoms with van der Waals surface area (Å²) < 4.78 is 40.0. The van der Waals surface area contributed by atoms with Crippen LogP contribution in [0.25, 0.3) is 0 Å². The van der Waals surface area contributed by atoms with Gasteiger partial charge in [-0.2, -0.15) is 5.26 Å². The lowest BCUT2D eigenvalue weighted by atomic mass is 9.92. The highest BCUT2D eigenvalue weighted by Gasteiger charge is 2.49. The molecule has 0 spiro atoms. The average molecular weight is 566 g/mol. The van der Waals surface area contributed by atoms with Crippen LogP contribution in [0.3, 0.4) is 0 Å². The third-order valence-electron chi connectivity index (χ3n) is 6.93. The fourth-order valence-electron chi connectivity index (χ4n) is 4.64. The Morgan fingerprint density at radius 3 is 1.59 bits per heavy atom. The van der Waals surface area contributed by atoms with Crippen molar-refractivity contribution in [2.45, 2.75) is 57.5 Å². The molecule has 2 heterocycles. The molecule has 41 heavy (non-hydrogen) atoms. The quantitative estimate of drug-likeness (QED) is 0.255. The van der Waals surface area contributed by atoms with Gasteiger partial charge in [-0.1, -0.05) is 35.4 Å². The van der Waals surface area contributed by atoms with Crippen LogP contribution >= 0.6 is 0 Å². The summed E-state index contributed by atoms with van der Waals surface area (Å²) in [5.41, 5.74) is 0.548. The van der Waals surface area contributed by atoms with Gasteiger partial charge in [-0.25, -0.2) is 13.2 Å². The van der Waals surface area contributed by atoms with Gasteiger partial charge in [-0.15, -0.1) is 13.2 Å². The maximum Gasteiger partial charge on any atom is 0.263 e. The number of halogens is 3. The van der Waals surface area contributed by atoms with Gasteiger partial charge in [0.25, 0.3) is 30.1 Å². The van der Waals surface area contributed by atoms with E-state index in [1.165, 1.54) is 24.3 Å². The van der Waals surface area contributed by atoms with Crippen LogP contribution in [-0.2, 0) is 0 Å². The van der Waals surface area contributed by atoms with Crippen molar-refractivity contribution in [1.29, 1.82) is 5.26 Å². The molecule has 2 aliphatic rings. The lowest BCUT2D eigenvalue weighted by Gasteiger charge is -2.32. The van der Waals surface area contributed by atoms with Crippen molar-refractivity contribution in [2.75, 3.05) is 6.67 Å². The van der Waals surface area contributed by atoms with E-state index in [-0.39, 0.29) is 35.1 Å². The van der Waals surface area contributed by atoms with Crippen molar-refractivity contribution in [2.24, 2.45) is 0 Å². The molecule has 0 N–H and O–H groups in total. The molecule has 2 aromatic rings. The van der Waals surface area contributed by atoms with Crippen molar-refractivity contribution in [3.05, 3.63) is 95.1 Å². The topological polar surface area (TPSA) is 98.5 Å². The first-order chi connectivity index (χ1) is 19.4. The van der Waals surface area contributed by atoms with Gasteiger partial charge >= 0.3 is 0 Å². The minimum Gasteiger partial charge on any atom is -0.269 e. The Bertz CT molecular complexity index is 1380. The summed E-state index contributed by atoms with van der Waals surface area (Å²) in [7, 11) is 0. The SMILES string of the molecule is C=C(C)CCC(C#N)(CF)N1C(=O)c2ccccc2C1=O.C=C(C)CCC(C(F)F)N1C(=O)c2ccccc2C1=O. The van der Waals surface area contributed by atoms with Crippen molar-refractivity contribution >= 4 is 23.6 Å². The summed E-state index contributed by atoms with van der Waals surface area (Å²) in [5.74, 6) is -2.51. The number of fused-ring (bicyclic) bond motifs is 2. The van der Waals surface area contributed by atoms with Crippen LogP contribution in [0, 0.1) is 11.3 Å². The van der Waals surface area contributed by atoms with Crippen LogP contribution in [0.5, 0.6) is 0 Å². The molecule has 0 radical (unpaired) electrons. The number of benzene rings is 2. The molecule has 0 aromatic heterocycles. The van der Waals surface area contributed by atoms with E-state index in [2.05, 4.69) is 13.2 Å². The third kappa shape index (κ3) is 6.14. The second-order valence-electron chi connectivity index (χ2n) is 10.1. The van der Waals surface area contributed by atoms with Crippen molar-refractivity contribution in [3.63, 3.8) is 0 Å². The zero-order valence-electron chi connectivity index (χ0n) is 22.8. The minimum absolute atomic E-state index is 0.0263. The van der Waals surface area contributed by atoms with Crippen molar-refractivity contribution < 1.29 is 32.3 Å². The van der Waals surface area contributed by atoms with E-state index in [0.29, 0.717) is 17.7 Å². The zero-order chi connectivity index (χ0) is 30.5. The molecule has 2 unspecified atom stereocenters. The number of hydrogen-bond donors (Lipinski definition) is 0. The number of nitrogens with zero attached hydrogens (tertiary/aromatic N) is 3. The monoisotopic (exact) mass is 565 g/mol. The molecular weight excluding hydrogens is 535 g/mol. The van der Waals surface area contributed by atoms with E-state index in [4.69, 9.17) is 0 Å². The molecule has 0 bridgehead atoms. The summed E-state index contributed by atoms with van der Waals surface area (Å²) in [4.78, 5) is 50.5. The molecule has 4 rings (SSSR count). The first-order valence-electron chi connectivity index (χ1n) is 12.9.